The summed E-state index contributed by atoms with van der Waals surface area (Å²) in [7, 11) is 1.81. The van der Waals surface area contributed by atoms with Crippen molar-refractivity contribution in [2.24, 2.45) is 13.0 Å². The SMILES string of the molecule is Cc1nn(C)c(C)c1C(=O)C(=O)N1CCCC2CCCCC21. The van der Waals surface area contributed by atoms with Crippen LogP contribution in [0.1, 0.15) is 60.3 Å². The summed E-state index contributed by atoms with van der Waals surface area (Å²) in [5.74, 6) is -0.111. The molecule has 1 saturated carbocycles. The maximum Gasteiger partial charge on any atom is 0.295 e. The number of hydrogen-bond donors (Lipinski definition) is 0. The van der Waals surface area contributed by atoms with Crippen LogP contribution in [0.15, 0.2) is 0 Å². The van der Waals surface area contributed by atoms with Gasteiger partial charge in [-0.1, -0.05) is 12.8 Å². The van der Waals surface area contributed by atoms with Crippen LogP contribution in [0.5, 0.6) is 0 Å². The van der Waals surface area contributed by atoms with Gasteiger partial charge in [-0.3, -0.25) is 14.3 Å². The number of aryl methyl sites for hydroxylation is 2. The minimum absolute atomic E-state index is 0.274. The third kappa shape index (κ3) is 2.46. The smallest absolute Gasteiger partial charge is 0.295 e. The molecule has 0 spiro atoms. The van der Waals surface area contributed by atoms with E-state index >= 15 is 0 Å². The molecule has 22 heavy (non-hydrogen) atoms. The topological polar surface area (TPSA) is 55.2 Å². The van der Waals surface area contributed by atoms with E-state index in [0.717, 1.165) is 25.1 Å². The zero-order valence-electron chi connectivity index (χ0n) is 13.8. The molecule has 0 aromatic carbocycles. The first kappa shape index (κ1) is 15.3. The van der Waals surface area contributed by atoms with Gasteiger partial charge in [-0.2, -0.15) is 5.10 Å². The number of nitrogens with zero attached hydrogens (tertiary/aromatic N) is 3. The van der Waals surface area contributed by atoms with Gasteiger partial charge in [-0.25, -0.2) is 0 Å². The van der Waals surface area contributed by atoms with Crippen LogP contribution in [0.4, 0.5) is 0 Å². The minimum Gasteiger partial charge on any atom is -0.333 e. The fraction of sp³-hybridized carbons (Fsp3) is 0.706. The van der Waals surface area contributed by atoms with Gasteiger partial charge in [0.05, 0.1) is 11.3 Å². The predicted octanol–water partition coefficient (Wildman–Crippen LogP) is 2.40. The molecule has 1 saturated heterocycles. The highest BCUT2D eigenvalue weighted by Gasteiger charge is 2.38. The van der Waals surface area contributed by atoms with Crippen molar-refractivity contribution in [3.05, 3.63) is 17.0 Å². The summed E-state index contributed by atoms with van der Waals surface area (Å²) in [6.45, 7) is 4.37. The average molecular weight is 303 g/mol. The molecular weight excluding hydrogens is 278 g/mol. The second-order valence-electron chi connectivity index (χ2n) is 6.75. The van der Waals surface area contributed by atoms with Crippen molar-refractivity contribution in [3.63, 3.8) is 0 Å². The van der Waals surface area contributed by atoms with Crippen LogP contribution in [-0.4, -0.2) is 39.0 Å². The number of Topliss-reactive ketones (excluding diaryl/α,β-unsaturated/α-hetero) is 1. The van der Waals surface area contributed by atoms with Crippen molar-refractivity contribution in [3.8, 4) is 0 Å². The van der Waals surface area contributed by atoms with E-state index in [-0.39, 0.29) is 17.7 Å². The Labute approximate surface area is 131 Å². The first-order valence-electron chi connectivity index (χ1n) is 8.36. The highest BCUT2D eigenvalue weighted by Crippen LogP contribution is 2.35. The molecule has 5 heteroatoms. The lowest BCUT2D eigenvalue weighted by molar-refractivity contribution is -0.132. The van der Waals surface area contributed by atoms with Crippen LogP contribution >= 0.6 is 0 Å². The Morgan fingerprint density at radius 1 is 1.09 bits per heavy atom. The molecule has 0 radical (unpaired) electrons. The highest BCUT2D eigenvalue weighted by atomic mass is 16.2. The molecule has 2 heterocycles. The van der Waals surface area contributed by atoms with Crippen molar-refractivity contribution >= 4 is 11.7 Å². The molecule has 1 aromatic heterocycles. The third-order valence-electron chi connectivity index (χ3n) is 5.43. The fourth-order valence-electron chi connectivity index (χ4n) is 4.22. The van der Waals surface area contributed by atoms with Crippen molar-refractivity contribution < 1.29 is 9.59 Å². The average Bonchev–Trinajstić information content (AvgIpc) is 2.78. The lowest BCUT2D eigenvalue weighted by atomic mass is 9.78. The summed E-state index contributed by atoms with van der Waals surface area (Å²) >= 11 is 0. The fourth-order valence-corrected chi connectivity index (χ4v) is 4.22. The third-order valence-corrected chi connectivity index (χ3v) is 5.43. The van der Waals surface area contributed by atoms with Crippen LogP contribution in [0.2, 0.25) is 0 Å². The van der Waals surface area contributed by atoms with Gasteiger partial charge >= 0.3 is 0 Å². The number of likely N-dealkylation sites (tertiary alicyclic amines) is 1. The Morgan fingerprint density at radius 2 is 1.77 bits per heavy atom. The summed E-state index contributed by atoms with van der Waals surface area (Å²) in [6, 6.07) is 0.274. The van der Waals surface area contributed by atoms with Gasteiger partial charge in [-0.15, -0.1) is 0 Å². The molecule has 1 amide bonds. The summed E-state index contributed by atoms with van der Waals surface area (Å²) < 4.78 is 1.68. The van der Waals surface area contributed by atoms with E-state index in [2.05, 4.69) is 5.10 Å². The Bertz CT molecular complexity index is 603. The standard InChI is InChI=1S/C17H25N3O2/c1-11-15(12(2)19(3)18-11)16(21)17(22)20-10-6-8-13-7-4-5-9-14(13)20/h13-14H,4-10H2,1-3H3. The van der Waals surface area contributed by atoms with Crippen molar-refractivity contribution in [1.82, 2.24) is 14.7 Å². The normalized spacial score (nSPS) is 25.0. The Morgan fingerprint density at radius 3 is 2.45 bits per heavy atom. The van der Waals surface area contributed by atoms with Gasteiger partial charge < -0.3 is 4.90 Å². The molecule has 2 unspecified atom stereocenters. The summed E-state index contributed by atoms with van der Waals surface area (Å²) in [4.78, 5) is 27.4. The molecular formula is C17H25N3O2. The quantitative estimate of drug-likeness (QED) is 0.623. The van der Waals surface area contributed by atoms with E-state index in [9.17, 15) is 9.59 Å². The number of aromatic nitrogens is 2. The van der Waals surface area contributed by atoms with E-state index in [1.165, 1.54) is 25.7 Å². The van der Waals surface area contributed by atoms with Gasteiger partial charge in [-0.05, 0) is 45.4 Å². The lowest BCUT2D eigenvalue weighted by Crippen LogP contribution is -2.51. The number of carbonyl (C=O) groups is 2. The maximum atomic E-state index is 12.8. The zero-order valence-corrected chi connectivity index (χ0v) is 13.8. The minimum atomic E-state index is -0.380. The number of hydrogen-bond acceptors (Lipinski definition) is 3. The zero-order chi connectivity index (χ0) is 15.9. The van der Waals surface area contributed by atoms with Crippen LogP contribution in [-0.2, 0) is 11.8 Å². The molecule has 2 fully saturated rings. The summed E-state index contributed by atoms with van der Waals surface area (Å²) in [5, 5.41) is 4.27. The lowest BCUT2D eigenvalue weighted by Gasteiger charge is -2.43. The second kappa shape index (κ2) is 5.86. The van der Waals surface area contributed by atoms with E-state index in [0.29, 0.717) is 17.2 Å². The first-order valence-corrected chi connectivity index (χ1v) is 8.36. The number of piperidine rings is 1. The summed E-state index contributed by atoms with van der Waals surface area (Å²) in [5.41, 5.74) is 1.91. The molecule has 1 aliphatic carbocycles. The van der Waals surface area contributed by atoms with Gasteiger partial charge in [0, 0.05) is 25.3 Å². The Kier molecular flexibility index (Phi) is 4.06. The Balaban J connectivity index is 1.84. The molecule has 5 nitrogen and oxygen atoms in total. The first-order chi connectivity index (χ1) is 10.5. The maximum absolute atomic E-state index is 12.8. The molecule has 0 N–H and O–H groups in total. The van der Waals surface area contributed by atoms with E-state index in [1.807, 2.05) is 18.9 Å². The molecule has 1 aliphatic heterocycles. The summed E-state index contributed by atoms with van der Waals surface area (Å²) in [6.07, 6.45) is 6.91. The van der Waals surface area contributed by atoms with Crippen molar-refractivity contribution in [2.75, 3.05) is 6.54 Å². The van der Waals surface area contributed by atoms with E-state index in [1.54, 1.807) is 11.6 Å². The number of amides is 1. The van der Waals surface area contributed by atoms with Crippen LogP contribution < -0.4 is 0 Å². The molecule has 2 atom stereocenters. The number of ketones is 1. The molecule has 120 valence electrons. The van der Waals surface area contributed by atoms with Crippen molar-refractivity contribution in [1.29, 1.82) is 0 Å². The predicted molar refractivity (Wildman–Crippen MR) is 83.7 cm³/mol. The van der Waals surface area contributed by atoms with Gasteiger partial charge in [0.2, 0.25) is 0 Å². The number of rotatable bonds is 2. The van der Waals surface area contributed by atoms with E-state index < -0.39 is 0 Å². The van der Waals surface area contributed by atoms with Gasteiger partial charge in [0.15, 0.2) is 0 Å². The molecule has 0 bridgehead atoms. The second-order valence-corrected chi connectivity index (χ2v) is 6.75. The van der Waals surface area contributed by atoms with Crippen molar-refractivity contribution in [2.45, 2.75) is 58.4 Å². The van der Waals surface area contributed by atoms with Crippen LogP contribution in [0, 0.1) is 19.8 Å². The largest absolute Gasteiger partial charge is 0.333 e. The van der Waals surface area contributed by atoms with Gasteiger partial charge in [0.25, 0.3) is 11.7 Å². The Hall–Kier alpha value is -1.65. The highest BCUT2D eigenvalue weighted by molar-refractivity contribution is 6.43. The number of carbonyl (C=O) groups excluding carboxylic acids is 2. The number of fused-ring (bicyclic) bond motifs is 1. The molecule has 2 aliphatic rings. The molecule has 3 rings (SSSR count). The molecule has 1 aromatic rings. The van der Waals surface area contributed by atoms with E-state index in [4.69, 9.17) is 0 Å². The van der Waals surface area contributed by atoms with Gasteiger partial charge in [0.1, 0.15) is 0 Å². The van der Waals surface area contributed by atoms with Crippen LogP contribution in [0.25, 0.3) is 0 Å². The monoisotopic (exact) mass is 303 g/mol. The van der Waals surface area contributed by atoms with Crippen LogP contribution in [0.3, 0.4) is 0 Å².